The van der Waals surface area contributed by atoms with Crippen LogP contribution in [0, 0.1) is 5.92 Å². The Morgan fingerprint density at radius 2 is 1.91 bits per heavy atom. The molecule has 0 bridgehead atoms. The molecule has 0 spiro atoms. The van der Waals surface area contributed by atoms with Crippen molar-refractivity contribution in [3.63, 3.8) is 0 Å². The van der Waals surface area contributed by atoms with Crippen molar-refractivity contribution in [2.75, 3.05) is 19.6 Å². The number of halogens is 1. The monoisotopic (exact) mass is 510 g/mol. The molecule has 0 fully saturated rings. The molecule has 0 N–H and O–H groups in total. The van der Waals surface area contributed by atoms with Crippen LogP contribution in [0.3, 0.4) is 0 Å². The second-order valence-corrected chi connectivity index (χ2v) is 10.5. The standard InChI is InChI=1S/C26H27BrN2O2S/c1-18(2)16-28(26(31)20-9-6-10-21(27)15-20)17-24(30)29-13-11-23-22(12-14-32-23)25(29)19-7-4-3-5-8-19/h3-10,12,14-15,18,25H,11,13,16-17H2,1-2H3. The zero-order valence-corrected chi connectivity index (χ0v) is 20.7. The molecule has 1 aliphatic heterocycles. The number of thiophene rings is 1. The van der Waals surface area contributed by atoms with E-state index in [0.29, 0.717) is 18.7 Å². The highest BCUT2D eigenvalue weighted by atomic mass is 79.9. The van der Waals surface area contributed by atoms with Gasteiger partial charge in [0.1, 0.15) is 6.54 Å². The molecule has 2 amide bonds. The molecule has 4 rings (SSSR count). The van der Waals surface area contributed by atoms with Crippen LogP contribution in [-0.2, 0) is 11.2 Å². The maximum atomic E-state index is 13.6. The molecule has 166 valence electrons. The molecule has 4 nitrogen and oxygen atoms in total. The number of hydrogen-bond acceptors (Lipinski definition) is 3. The average molecular weight is 511 g/mol. The lowest BCUT2D eigenvalue weighted by Gasteiger charge is -2.38. The molecule has 1 aromatic heterocycles. The normalized spacial score (nSPS) is 15.5. The van der Waals surface area contributed by atoms with Gasteiger partial charge < -0.3 is 9.80 Å². The fourth-order valence-electron chi connectivity index (χ4n) is 4.30. The highest BCUT2D eigenvalue weighted by molar-refractivity contribution is 9.10. The number of fused-ring (bicyclic) bond motifs is 1. The molecule has 0 saturated heterocycles. The van der Waals surface area contributed by atoms with Crippen LogP contribution >= 0.6 is 27.3 Å². The second-order valence-electron chi connectivity index (χ2n) is 8.54. The van der Waals surface area contributed by atoms with Gasteiger partial charge in [0.15, 0.2) is 0 Å². The Kier molecular flexibility index (Phi) is 7.11. The van der Waals surface area contributed by atoms with Crippen molar-refractivity contribution in [2.24, 2.45) is 5.92 Å². The summed E-state index contributed by atoms with van der Waals surface area (Å²) < 4.78 is 0.851. The minimum atomic E-state index is -0.113. The Labute approximate surface area is 202 Å². The summed E-state index contributed by atoms with van der Waals surface area (Å²) in [6.45, 7) is 5.40. The van der Waals surface area contributed by atoms with Crippen molar-refractivity contribution >= 4 is 39.1 Å². The van der Waals surface area contributed by atoms with E-state index in [0.717, 1.165) is 16.5 Å². The molecule has 2 aromatic carbocycles. The first kappa shape index (κ1) is 22.7. The van der Waals surface area contributed by atoms with Gasteiger partial charge in [-0.3, -0.25) is 9.59 Å². The Bertz CT molecular complexity index is 1100. The van der Waals surface area contributed by atoms with E-state index in [2.05, 4.69) is 53.4 Å². The quantitative estimate of drug-likeness (QED) is 0.421. The molecule has 6 heteroatoms. The topological polar surface area (TPSA) is 40.6 Å². The first-order valence-corrected chi connectivity index (χ1v) is 12.6. The van der Waals surface area contributed by atoms with Gasteiger partial charge in [-0.15, -0.1) is 11.3 Å². The lowest BCUT2D eigenvalue weighted by Crippen LogP contribution is -2.47. The van der Waals surface area contributed by atoms with Crippen molar-refractivity contribution in [1.82, 2.24) is 9.80 Å². The summed E-state index contributed by atoms with van der Waals surface area (Å²) in [7, 11) is 0. The van der Waals surface area contributed by atoms with Gasteiger partial charge in [-0.05, 0) is 53.1 Å². The van der Waals surface area contributed by atoms with Gasteiger partial charge in [-0.25, -0.2) is 0 Å². The molecule has 32 heavy (non-hydrogen) atoms. The fourth-order valence-corrected chi connectivity index (χ4v) is 5.60. The summed E-state index contributed by atoms with van der Waals surface area (Å²) in [5.74, 6) is 0.131. The minimum Gasteiger partial charge on any atom is -0.330 e. The molecule has 3 aromatic rings. The van der Waals surface area contributed by atoms with Gasteiger partial charge in [0.05, 0.1) is 6.04 Å². The summed E-state index contributed by atoms with van der Waals surface area (Å²) in [6.07, 6.45) is 0.853. The molecule has 1 unspecified atom stereocenters. The number of carbonyl (C=O) groups is 2. The second kappa shape index (κ2) is 10.0. The van der Waals surface area contributed by atoms with Crippen LogP contribution in [0.4, 0.5) is 0 Å². The minimum absolute atomic E-state index is 0.0142. The van der Waals surface area contributed by atoms with Crippen molar-refractivity contribution in [3.05, 3.63) is 92.1 Å². The summed E-state index contributed by atoms with van der Waals surface area (Å²) in [5.41, 5.74) is 2.90. The van der Waals surface area contributed by atoms with Gasteiger partial charge >= 0.3 is 0 Å². The van der Waals surface area contributed by atoms with Crippen LogP contribution in [0.25, 0.3) is 0 Å². The van der Waals surface area contributed by atoms with Crippen molar-refractivity contribution in [1.29, 1.82) is 0 Å². The van der Waals surface area contributed by atoms with E-state index in [-0.39, 0.29) is 30.3 Å². The third-order valence-corrected chi connectivity index (χ3v) is 7.16. The number of hydrogen-bond donors (Lipinski definition) is 0. The highest BCUT2D eigenvalue weighted by Crippen LogP contribution is 2.37. The molecule has 2 heterocycles. The summed E-state index contributed by atoms with van der Waals surface area (Å²) >= 11 is 5.20. The Hall–Kier alpha value is -2.44. The lowest BCUT2D eigenvalue weighted by molar-refractivity contribution is -0.134. The van der Waals surface area contributed by atoms with Gasteiger partial charge in [0.2, 0.25) is 5.91 Å². The van der Waals surface area contributed by atoms with Gasteiger partial charge in [0, 0.05) is 28.0 Å². The van der Waals surface area contributed by atoms with E-state index < -0.39 is 0 Å². The zero-order chi connectivity index (χ0) is 22.7. The van der Waals surface area contributed by atoms with Crippen LogP contribution < -0.4 is 0 Å². The maximum absolute atomic E-state index is 13.6. The van der Waals surface area contributed by atoms with Crippen LogP contribution in [0.1, 0.15) is 46.3 Å². The number of rotatable bonds is 6. The number of carbonyl (C=O) groups excluding carboxylic acids is 2. The molecule has 1 atom stereocenters. The van der Waals surface area contributed by atoms with Crippen LogP contribution in [0.15, 0.2) is 70.5 Å². The number of amides is 2. The fraction of sp³-hybridized carbons (Fsp3) is 0.308. The average Bonchev–Trinajstić information content (AvgIpc) is 3.26. The number of benzene rings is 2. The predicted molar refractivity (Wildman–Crippen MR) is 133 cm³/mol. The molecular formula is C26H27BrN2O2S. The molecule has 0 aliphatic carbocycles. The van der Waals surface area contributed by atoms with Crippen molar-refractivity contribution in [3.8, 4) is 0 Å². The van der Waals surface area contributed by atoms with E-state index in [1.807, 2.05) is 41.3 Å². The zero-order valence-electron chi connectivity index (χ0n) is 18.3. The smallest absolute Gasteiger partial charge is 0.254 e. The van der Waals surface area contributed by atoms with Crippen LogP contribution in [0.5, 0.6) is 0 Å². The van der Waals surface area contributed by atoms with E-state index in [1.165, 1.54) is 10.4 Å². The first-order valence-electron chi connectivity index (χ1n) is 10.9. The largest absolute Gasteiger partial charge is 0.330 e. The van der Waals surface area contributed by atoms with Gasteiger partial charge in [-0.2, -0.15) is 0 Å². The Morgan fingerprint density at radius 1 is 1.12 bits per heavy atom. The van der Waals surface area contributed by atoms with E-state index in [1.54, 1.807) is 22.3 Å². The van der Waals surface area contributed by atoms with Gasteiger partial charge in [0.25, 0.3) is 5.91 Å². The highest BCUT2D eigenvalue weighted by Gasteiger charge is 2.34. The van der Waals surface area contributed by atoms with E-state index in [9.17, 15) is 9.59 Å². The van der Waals surface area contributed by atoms with Crippen molar-refractivity contribution in [2.45, 2.75) is 26.3 Å². The van der Waals surface area contributed by atoms with E-state index in [4.69, 9.17) is 0 Å². The van der Waals surface area contributed by atoms with Crippen LogP contribution in [-0.4, -0.2) is 41.2 Å². The van der Waals surface area contributed by atoms with E-state index >= 15 is 0 Å². The molecule has 0 saturated carbocycles. The first-order chi connectivity index (χ1) is 15.4. The molecular weight excluding hydrogens is 484 g/mol. The molecule has 1 aliphatic rings. The summed E-state index contributed by atoms with van der Waals surface area (Å²) in [6, 6.07) is 19.6. The number of nitrogens with zero attached hydrogens (tertiary/aromatic N) is 2. The third kappa shape index (κ3) is 4.97. The SMILES string of the molecule is CC(C)CN(CC(=O)N1CCc2sccc2C1c1ccccc1)C(=O)c1cccc(Br)c1. The third-order valence-electron chi connectivity index (χ3n) is 5.67. The van der Waals surface area contributed by atoms with Crippen LogP contribution in [0.2, 0.25) is 0 Å². The summed E-state index contributed by atoms with van der Waals surface area (Å²) in [4.78, 5) is 31.9. The van der Waals surface area contributed by atoms with Gasteiger partial charge in [-0.1, -0.05) is 66.2 Å². The Morgan fingerprint density at radius 3 is 2.62 bits per heavy atom. The predicted octanol–water partition coefficient (Wildman–Crippen LogP) is 5.78. The molecule has 0 radical (unpaired) electrons. The maximum Gasteiger partial charge on any atom is 0.254 e. The summed E-state index contributed by atoms with van der Waals surface area (Å²) in [5, 5.41) is 2.11. The Balaban J connectivity index is 1.61. The lowest BCUT2D eigenvalue weighted by atomic mass is 9.93. The van der Waals surface area contributed by atoms with Crippen molar-refractivity contribution < 1.29 is 9.59 Å².